The highest BCUT2D eigenvalue weighted by atomic mass is 79.9. The molecule has 0 aliphatic heterocycles. The summed E-state index contributed by atoms with van der Waals surface area (Å²) in [6.45, 7) is 2.96. The fourth-order valence-corrected chi connectivity index (χ4v) is 3.81. The average Bonchev–Trinajstić information content (AvgIpc) is 2.59. The number of rotatable bonds is 7. The summed E-state index contributed by atoms with van der Waals surface area (Å²) in [5, 5.41) is 0. The number of ether oxygens (including phenoxy) is 1. The lowest BCUT2D eigenvalue weighted by atomic mass is 10.1. The number of Topliss-reactive ketones (excluding diaryl/α,β-unsaturated/α-hetero) is 1. The zero-order chi connectivity index (χ0) is 19.3. The van der Waals surface area contributed by atoms with Gasteiger partial charge in [-0.05, 0) is 48.0 Å². The van der Waals surface area contributed by atoms with Crippen LogP contribution in [0.5, 0.6) is 0 Å². The molecule has 0 unspecified atom stereocenters. The van der Waals surface area contributed by atoms with Crippen LogP contribution >= 0.6 is 15.9 Å². The standard InChI is InChI=1S/C18H18BrNO5S/c1-12(2)20-26(23,24)14-8-9-16(19)15(10-14)18(22)25-11-17(21)13-6-4-3-5-7-13/h3-10,12,20H,11H2,1-2H3. The van der Waals surface area contributed by atoms with Crippen molar-refractivity contribution >= 4 is 37.7 Å². The summed E-state index contributed by atoms with van der Waals surface area (Å²) in [6.07, 6.45) is 0. The van der Waals surface area contributed by atoms with Crippen LogP contribution in [0.4, 0.5) is 0 Å². The molecule has 0 fully saturated rings. The van der Waals surface area contributed by atoms with Gasteiger partial charge in [0.1, 0.15) is 0 Å². The normalized spacial score (nSPS) is 11.4. The first kappa shape index (κ1) is 20.3. The molecule has 2 aromatic rings. The Morgan fingerprint density at radius 2 is 1.77 bits per heavy atom. The van der Waals surface area contributed by atoms with E-state index >= 15 is 0 Å². The zero-order valence-electron chi connectivity index (χ0n) is 14.2. The Balaban J connectivity index is 2.16. The fraction of sp³-hybridized carbons (Fsp3) is 0.222. The summed E-state index contributed by atoms with van der Waals surface area (Å²) < 4.78 is 32.4. The van der Waals surface area contributed by atoms with Gasteiger partial charge in [-0.2, -0.15) is 0 Å². The van der Waals surface area contributed by atoms with E-state index in [0.717, 1.165) is 0 Å². The predicted octanol–water partition coefficient (Wildman–Crippen LogP) is 3.18. The third-order valence-corrected chi connectivity index (χ3v) is 5.64. The summed E-state index contributed by atoms with van der Waals surface area (Å²) >= 11 is 3.20. The number of ketones is 1. The van der Waals surface area contributed by atoms with Gasteiger partial charge in [0.15, 0.2) is 12.4 Å². The molecule has 0 aliphatic carbocycles. The van der Waals surface area contributed by atoms with E-state index in [2.05, 4.69) is 20.7 Å². The van der Waals surface area contributed by atoms with Gasteiger partial charge in [0.25, 0.3) is 0 Å². The minimum atomic E-state index is -3.75. The lowest BCUT2D eigenvalue weighted by Crippen LogP contribution is -2.30. The van der Waals surface area contributed by atoms with Crippen LogP contribution in [0, 0.1) is 0 Å². The molecule has 0 saturated heterocycles. The summed E-state index contributed by atoms with van der Waals surface area (Å²) in [5.74, 6) is -1.14. The van der Waals surface area contributed by atoms with Crippen molar-refractivity contribution in [2.24, 2.45) is 0 Å². The van der Waals surface area contributed by atoms with Crippen molar-refractivity contribution in [1.82, 2.24) is 4.72 Å². The number of carbonyl (C=O) groups excluding carboxylic acids is 2. The van der Waals surface area contributed by atoms with Crippen LogP contribution in [-0.4, -0.2) is 32.8 Å². The summed E-state index contributed by atoms with van der Waals surface area (Å²) in [5.41, 5.74) is 0.453. The highest BCUT2D eigenvalue weighted by Gasteiger charge is 2.20. The molecule has 0 spiro atoms. The zero-order valence-corrected chi connectivity index (χ0v) is 16.6. The molecule has 0 aromatic heterocycles. The fourth-order valence-electron chi connectivity index (χ4n) is 2.12. The lowest BCUT2D eigenvalue weighted by molar-refractivity contribution is 0.0473. The molecule has 0 atom stereocenters. The summed E-state index contributed by atoms with van der Waals surface area (Å²) in [4.78, 5) is 24.2. The van der Waals surface area contributed by atoms with Crippen LogP contribution in [0.3, 0.4) is 0 Å². The number of halogens is 1. The van der Waals surface area contributed by atoms with Gasteiger partial charge in [0.2, 0.25) is 10.0 Å². The molecule has 0 aliphatic rings. The van der Waals surface area contributed by atoms with Gasteiger partial charge < -0.3 is 4.74 Å². The van der Waals surface area contributed by atoms with Gasteiger partial charge in [-0.3, -0.25) is 4.79 Å². The Kier molecular flexibility index (Phi) is 6.69. The van der Waals surface area contributed by atoms with Crippen LogP contribution in [0.2, 0.25) is 0 Å². The molecule has 8 heteroatoms. The van der Waals surface area contributed by atoms with Crippen LogP contribution in [0.1, 0.15) is 34.6 Å². The highest BCUT2D eigenvalue weighted by Crippen LogP contribution is 2.22. The molecule has 1 N–H and O–H groups in total. The molecule has 0 radical (unpaired) electrons. The molecule has 6 nitrogen and oxygen atoms in total. The number of benzene rings is 2. The monoisotopic (exact) mass is 439 g/mol. The van der Waals surface area contributed by atoms with Gasteiger partial charge in [-0.15, -0.1) is 0 Å². The number of hydrogen-bond donors (Lipinski definition) is 1. The molecule has 0 heterocycles. The molecule has 2 rings (SSSR count). The number of hydrogen-bond acceptors (Lipinski definition) is 5. The molecule has 0 amide bonds. The van der Waals surface area contributed by atoms with E-state index in [0.29, 0.717) is 10.0 Å². The predicted molar refractivity (Wildman–Crippen MR) is 101 cm³/mol. The van der Waals surface area contributed by atoms with E-state index in [1.807, 2.05) is 0 Å². The number of sulfonamides is 1. The molecular formula is C18H18BrNO5S. The molecule has 138 valence electrons. The Bertz CT molecular complexity index is 910. The molecule has 0 bridgehead atoms. The first-order chi connectivity index (χ1) is 12.2. The van der Waals surface area contributed by atoms with E-state index in [9.17, 15) is 18.0 Å². The minimum Gasteiger partial charge on any atom is -0.454 e. The molecule has 26 heavy (non-hydrogen) atoms. The largest absolute Gasteiger partial charge is 0.454 e. The van der Waals surface area contributed by atoms with E-state index in [1.165, 1.54) is 18.2 Å². The summed E-state index contributed by atoms with van der Waals surface area (Å²) in [6, 6.07) is 12.2. The summed E-state index contributed by atoms with van der Waals surface area (Å²) in [7, 11) is -3.75. The minimum absolute atomic E-state index is 0.0255. The number of carbonyl (C=O) groups is 2. The SMILES string of the molecule is CC(C)NS(=O)(=O)c1ccc(Br)c(C(=O)OCC(=O)c2ccccc2)c1. The van der Waals surface area contributed by atoms with Gasteiger partial charge in [0, 0.05) is 16.1 Å². The van der Waals surface area contributed by atoms with Crippen molar-refractivity contribution in [2.75, 3.05) is 6.61 Å². The second-order valence-corrected chi connectivity index (χ2v) is 8.35. The van der Waals surface area contributed by atoms with Gasteiger partial charge in [0.05, 0.1) is 10.5 Å². The molecule has 0 saturated carbocycles. The van der Waals surface area contributed by atoms with Gasteiger partial charge >= 0.3 is 5.97 Å². The third-order valence-electron chi connectivity index (χ3n) is 3.29. The quantitative estimate of drug-likeness (QED) is 0.528. The smallest absolute Gasteiger partial charge is 0.339 e. The van der Waals surface area contributed by atoms with Crippen molar-refractivity contribution < 1.29 is 22.7 Å². The maximum atomic E-state index is 12.3. The van der Waals surface area contributed by atoms with Crippen LogP contribution in [0.25, 0.3) is 0 Å². The Morgan fingerprint density at radius 1 is 1.12 bits per heavy atom. The average molecular weight is 440 g/mol. The van der Waals surface area contributed by atoms with Gasteiger partial charge in [-0.25, -0.2) is 17.9 Å². The van der Waals surface area contributed by atoms with Crippen LogP contribution in [-0.2, 0) is 14.8 Å². The van der Waals surface area contributed by atoms with Crippen LogP contribution < -0.4 is 4.72 Å². The Morgan fingerprint density at radius 3 is 2.38 bits per heavy atom. The van der Waals surface area contributed by atoms with Crippen LogP contribution in [0.15, 0.2) is 57.9 Å². The second kappa shape index (κ2) is 8.57. The van der Waals surface area contributed by atoms with E-state index < -0.39 is 22.6 Å². The topological polar surface area (TPSA) is 89.5 Å². The first-order valence-corrected chi connectivity index (χ1v) is 10.1. The van der Waals surface area contributed by atoms with E-state index in [1.54, 1.807) is 44.2 Å². The maximum absolute atomic E-state index is 12.3. The number of nitrogens with one attached hydrogen (secondary N) is 1. The second-order valence-electron chi connectivity index (χ2n) is 5.78. The van der Waals surface area contributed by atoms with Crippen molar-refractivity contribution in [1.29, 1.82) is 0 Å². The van der Waals surface area contributed by atoms with Gasteiger partial charge in [-0.1, -0.05) is 30.3 Å². The Hall–Kier alpha value is -2.03. The molecule has 2 aromatic carbocycles. The molecular weight excluding hydrogens is 422 g/mol. The lowest BCUT2D eigenvalue weighted by Gasteiger charge is -2.11. The van der Waals surface area contributed by atoms with Crippen molar-refractivity contribution in [2.45, 2.75) is 24.8 Å². The third kappa shape index (κ3) is 5.23. The number of esters is 1. The van der Waals surface area contributed by atoms with E-state index in [-0.39, 0.29) is 22.3 Å². The van der Waals surface area contributed by atoms with Crippen molar-refractivity contribution in [3.05, 3.63) is 64.1 Å². The first-order valence-electron chi connectivity index (χ1n) is 7.78. The maximum Gasteiger partial charge on any atom is 0.339 e. The van der Waals surface area contributed by atoms with Crippen molar-refractivity contribution in [3.63, 3.8) is 0 Å². The van der Waals surface area contributed by atoms with E-state index in [4.69, 9.17) is 4.74 Å². The highest BCUT2D eigenvalue weighted by molar-refractivity contribution is 9.10. The van der Waals surface area contributed by atoms with Crippen molar-refractivity contribution in [3.8, 4) is 0 Å². The Labute approximate surface area is 160 Å².